The molecule has 0 bridgehead atoms. The van der Waals surface area contributed by atoms with Crippen LogP contribution in [0.2, 0.25) is 0 Å². The van der Waals surface area contributed by atoms with Crippen molar-refractivity contribution >= 4 is 28.4 Å². The SMILES string of the molecule is CC(=O)Nc1cc2c(cn1)c(N1CCC(C)C1)nn2-c1cc(OC2CC2)nc(C(C)(F)F)n1.CNC. The van der Waals surface area contributed by atoms with E-state index in [1.165, 1.54) is 17.7 Å². The van der Waals surface area contributed by atoms with Crippen molar-refractivity contribution in [1.29, 1.82) is 0 Å². The molecule has 36 heavy (non-hydrogen) atoms. The van der Waals surface area contributed by atoms with E-state index >= 15 is 0 Å². The van der Waals surface area contributed by atoms with Gasteiger partial charge in [0.05, 0.1) is 10.9 Å². The molecule has 0 spiro atoms. The minimum Gasteiger partial charge on any atom is -0.474 e. The van der Waals surface area contributed by atoms with E-state index in [9.17, 15) is 13.6 Å². The highest BCUT2D eigenvalue weighted by atomic mass is 19.3. The number of rotatable bonds is 6. The number of fused-ring (bicyclic) bond motifs is 1. The molecule has 12 heteroatoms. The molecule has 10 nitrogen and oxygen atoms in total. The first-order valence-electron chi connectivity index (χ1n) is 12.0. The smallest absolute Gasteiger partial charge is 0.304 e. The number of halogens is 2. The number of carbonyl (C=O) groups is 1. The van der Waals surface area contributed by atoms with Crippen LogP contribution in [-0.4, -0.2) is 63.9 Å². The summed E-state index contributed by atoms with van der Waals surface area (Å²) in [5.74, 6) is -2.35. The zero-order valence-corrected chi connectivity index (χ0v) is 21.2. The summed E-state index contributed by atoms with van der Waals surface area (Å²) in [5.41, 5.74) is 0.588. The van der Waals surface area contributed by atoms with Gasteiger partial charge in [-0.15, -0.1) is 5.10 Å². The summed E-state index contributed by atoms with van der Waals surface area (Å²) in [6.45, 7) is 5.98. The molecule has 1 amide bonds. The molecule has 1 saturated heterocycles. The molecule has 3 aromatic rings. The highest BCUT2D eigenvalue weighted by Crippen LogP contribution is 2.34. The van der Waals surface area contributed by atoms with E-state index in [4.69, 9.17) is 9.84 Å². The number of nitrogens with one attached hydrogen (secondary N) is 2. The Morgan fingerprint density at radius 1 is 1.19 bits per heavy atom. The van der Waals surface area contributed by atoms with Crippen LogP contribution in [0.4, 0.5) is 20.4 Å². The fraction of sp³-hybridized carbons (Fsp3) is 0.542. The van der Waals surface area contributed by atoms with E-state index in [-0.39, 0.29) is 23.7 Å². The second-order valence-electron chi connectivity index (χ2n) is 9.44. The van der Waals surface area contributed by atoms with Crippen molar-refractivity contribution in [3.8, 4) is 11.7 Å². The van der Waals surface area contributed by atoms with Crippen LogP contribution >= 0.6 is 0 Å². The van der Waals surface area contributed by atoms with Gasteiger partial charge in [-0.3, -0.25) is 4.79 Å². The Kier molecular flexibility index (Phi) is 7.34. The van der Waals surface area contributed by atoms with Crippen molar-refractivity contribution in [2.45, 2.75) is 52.1 Å². The average molecular weight is 503 g/mol. The van der Waals surface area contributed by atoms with E-state index in [1.807, 2.05) is 14.1 Å². The third-order valence-corrected chi connectivity index (χ3v) is 5.68. The monoisotopic (exact) mass is 502 g/mol. The molecule has 0 aromatic carbocycles. The van der Waals surface area contributed by atoms with Crippen LogP contribution in [0.1, 0.15) is 45.9 Å². The van der Waals surface area contributed by atoms with Crippen molar-refractivity contribution in [2.75, 3.05) is 37.4 Å². The minimum absolute atomic E-state index is 0.0161. The summed E-state index contributed by atoms with van der Waals surface area (Å²) in [6, 6.07) is 3.19. The summed E-state index contributed by atoms with van der Waals surface area (Å²) in [7, 11) is 3.75. The fourth-order valence-corrected chi connectivity index (χ4v) is 3.91. The van der Waals surface area contributed by atoms with Crippen LogP contribution in [0.15, 0.2) is 18.3 Å². The van der Waals surface area contributed by atoms with E-state index in [0.29, 0.717) is 23.1 Å². The van der Waals surface area contributed by atoms with E-state index in [2.05, 4.69) is 37.4 Å². The summed E-state index contributed by atoms with van der Waals surface area (Å²) < 4.78 is 35.7. The zero-order valence-electron chi connectivity index (χ0n) is 21.2. The van der Waals surface area contributed by atoms with Crippen molar-refractivity contribution in [3.05, 3.63) is 24.2 Å². The lowest BCUT2D eigenvalue weighted by molar-refractivity contribution is -0.114. The highest BCUT2D eigenvalue weighted by Gasteiger charge is 2.32. The number of pyridine rings is 1. The second-order valence-corrected chi connectivity index (χ2v) is 9.44. The number of carbonyl (C=O) groups excluding carboxylic acids is 1. The van der Waals surface area contributed by atoms with Gasteiger partial charge in [-0.2, -0.15) is 13.8 Å². The molecule has 3 aromatic heterocycles. The van der Waals surface area contributed by atoms with Gasteiger partial charge in [-0.05, 0) is 39.3 Å². The van der Waals surface area contributed by atoms with Crippen LogP contribution < -0.4 is 20.3 Å². The van der Waals surface area contributed by atoms with E-state index in [1.54, 1.807) is 12.3 Å². The van der Waals surface area contributed by atoms with Crippen molar-refractivity contribution in [2.24, 2.45) is 5.92 Å². The Morgan fingerprint density at radius 2 is 1.92 bits per heavy atom. The molecule has 2 N–H and O–H groups in total. The molecule has 194 valence electrons. The maximum absolute atomic E-state index is 14.2. The number of hydrogen-bond acceptors (Lipinski definition) is 8. The summed E-state index contributed by atoms with van der Waals surface area (Å²) in [5, 5.41) is 10.9. The number of nitrogens with zero attached hydrogens (tertiary/aromatic N) is 6. The Bertz CT molecular complexity index is 1240. The first kappa shape index (κ1) is 25.7. The number of alkyl halides is 2. The van der Waals surface area contributed by atoms with Gasteiger partial charge in [0, 0.05) is 45.3 Å². The Labute approximate surface area is 208 Å². The number of anilines is 2. The quantitative estimate of drug-likeness (QED) is 0.527. The lowest BCUT2D eigenvalue weighted by Crippen LogP contribution is -2.20. The average Bonchev–Trinajstić information content (AvgIpc) is 3.37. The first-order valence-corrected chi connectivity index (χ1v) is 12.0. The molecule has 1 saturated carbocycles. The maximum Gasteiger partial charge on any atom is 0.304 e. The number of aromatic nitrogens is 5. The predicted molar refractivity (Wildman–Crippen MR) is 133 cm³/mol. The van der Waals surface area contributed by atoms with Crippen molar-refractivity contribution in [3.63, 3.8) is 0 Å². The maximum atomic E-state index is 14.2. The fourth-order valence-electron chi connectivity index (χ4n) is 3.91. The van der Waals surface area contributed by atoms with Gasteiger partial charge in [0.1, 0.15) is 11.9 Å². The van der Waals surface area contributed by atoms with E-state index in [0.717, 1.165) is 44.7 Å². The zero-order chi connectivity index (χ0) is 26.0. The first-order chi connectivity index (χ1) is 17.1. The van der Waals surface area contributed by atoms with Gasteiger partial charge in [-0.1, -0.05) is 6.92 Å². The summed E-state index contributed by atoms with van der Waals surface area (Å²) in [6.07, 6.45) is 4.39. The van der Waals surface area contributed by atoms with Gasteiger partial charge in [0.25, 0.3) is 0 Å². The largest absolute Gasteiger partial charge is 0.474 e. The van der Waals surface area contributed by atoms with Crippen LogP contribution in [0.3, 0.4) is 0 Å². The molecule has 1 aliphatic heterocycles. The Balaban J connectivity index is 0.000000967. The molecule has 1 unspecified atom stereocenters. The molecule has 0 radical (unpaired) electrons. The molecule has 4 heterocycles. The van der Waals surface area contributed by atoms with Gasteiger partial charge in [0.15, 0.2) is 11.6 Å². The summed E-state index contributed by atoms with van der Waals surface area (Å²) >= 11 is 0. The molecule has 1 aliphatic carbocycles. The number of ether oxygens (including phenoxy) is 1. The standard InChI is InChI=1S/C22H25F2N7O2.C2H7N/c1-12-6-7-30(11-12)20-15-10-25-17(26-13(2)32)8-16(15)31(29-20)18-9-19(33-14-4-5-14)28-21(27-18)22(3,23)24;1-3-2/h8-10,12,14H,4-7,11H2,1-3H3,(H,25,26,32);3H,1-2H3. The predicted octanol–water partition coefficient (Wildman–Crippen LogP) is 3.50. The van der Waals surface area contributed by atoms with Crippen LogP contribution in [0.25, 0.3) is 16.7 Å². The van der Waals surface area contributed by atoms with Gasteiger partial charge >= 0.3 is 5.92 Å². The number of hydrogen-bond donors (Lipinski definition) is 2. The molecule has 2 fully saturated rings. The Hall–Kier alpha value is -3.41. The van der Waals surface area contributed by atoms with Crippen LogP contribution in [0, 0.1) is 5.92 Å². The molecular weight excluding hydrogens is 470 g/mol. The highest BCUT2D eigenvalue weighted by molar-refractivity contribution is 5.95. The van der Waals surface area contributed by atoms with Gasteiger partial charge in [0.2, 0.25) is 17.6 Å². The lowest BCUT2D eigenvalue weighted by Gasteiger charge is -2.15. The third-order valence-electron chi connectivity index (χ3n) is 5.68. The van der Waals surface area contributed by atoms with Crippen LogP contribution in [0.5, 0.6) is 5.88 Å². The van der Waals surface area contributed by atoms with Crippen LogP contribution in [-0.2, 0) is 10.7 Å². The lowest BCUT2D eigenvalue weighted by atomic mass is 10.2. The molecule has 2 aliphatic rings. The summed E-state index contributed by atoms with van der Waals surface area (Å²) in [4.78, 5) is 26.1. The normalized spacial score (nSPS) is 17.6. The van der Waals surface area contributed by atoms with Gasteiger partial charge in [-0.25, -0.2) is 14.6 Å². The number of amides is 1. The van der Waals surface area contributed by atoms with E-state index < -0.39 is 11.7 Å². The third kappa shape index (κ3) is 5.86. The molecule has 5 rings (SSSR count). The van der Waals surface area contributed by atoms with Crippen molar-refractivity contribution < 1.29 is 18.3 Å². The molecule has 1 atom stereocenters. The Morgan fingerprint density at radius 3 is 2.50 bits per heavy atom. The second kappa shape index (κ2) is 10.3. The topological polar surface area (TPSA) is 110 Å². The van der Waals surface area contributed by atoms with Gasteiger partial charge < -0.3 is 20.3 Å². The molecular formula is C24H32F2N8O2. The minimum atomic E-state index is -3.25. The van der Waals surface area contributed by atoms with Crippen molar-refractivity contribution in [1.82, 2.24) is 30.0 Å².